The van der Waals surface area contributed by atoms with E-state index < -0.39 is 0 Å². The minimum Gasteiger partial charge on any atom is -0.374 e. The van der Waals surface area contributed by atoms with Crippen molar-refractivity contribution in [1.82, 2.24) is 0 Å². The molecule has 0 aliphatic heterocycles. The molecule has 1 aliphatic carbocycles. The van der Waals surface area contributed by atoms with Crippen molar-refractivity contribution in [3.05, 3.63) is 29.8 Å². The van der Waals surface area contributed by atoms with Crippen molar-refractivity contribution in [2.45, 2.75) is 31.6 Å². The molecule has 0 N–H and O–H groups in total. The maximum Gasteiger partial charge on any atom is 0.0494 e. The maximum absolute atomic E-state index is 5.97. The standard InChI is InChI=1S/C14H20ClN/c1-16(11-12-6-2-3-7-12)14-9-5-4-8-13(14)10-15/h4-5,8-9,12H,2-3,6-7,10-11H2,1H3. The molecule has 0 bridgehead atoms. The van der Waals surface area contributed by atoms with Gasteiger partial charge in [0.2, 0.25) is 0 Å². The van der Waals surface area contributed by atoms with Crippen LogP contribution in [0.3, 0.4) is 0 Å². The second-order valence-corrected chi connectivity index (χ2v) is 5.06. The van der Waals surface area contributed by atoms with Gasteiger partial charge in [0.1, 0.15) is 0 Å². The Hall–Kier alpha value is -0.690. The largest absolute Gasteiger partial charge is 0.374 e. The number of hydrogen-bond acceptors (Lipinski definition) is 1. The van der Waals surface area contributed by atoms with E-state index in [2.05, 4.69) is 36.2 Å². The van der Waals surface area contributed by atoms with Crippen LogP contribution in [0.2, 0.25) is 0 Å². The fourth-order valence-electron chi connectivity index (χ4n) is 2.67. The molecule has 0 amide bonds. The number of benzene rings is 1. The number of para-hydroxylation sites is 1. The number of alkyl halides is 1. The molecule has 1 nitrogen and oxygen atoms in total. The summed E-state index contributed by atoms with van der Waals surface area (Å²) < 4.78 is 0. The van der Waals surface area contributed by atoms with Gasteiger partial charge < -0.3 is 4.90 Å². The molecule has 2 rings (SSSR count). The predicted octanol–water partition coefficient (Wildman–Crippen LogP) is 4.05. The Morgan fingerprint density at radius 3 is 2.62 bits per heavy atom. The Bertz CT molecular complexity index is 331. The summed E-state index contributed by atoms with van der Waals surface area (Å²) in [6.45, 7) is 1.17. The number of anilines is 1. The van der Waals surface area contributed by atoms with E-state index in [1.54, 1.807) is 0 Å². The molecule has 0 unspecified atom stereocenters. The molecule has 88 valence electrons. The summed E-state index contributed by atoms with van der Waals surface area (Å²) in [6.07, 6.45) is 5.62. The lowest BCUT2D eigenvalue weighted by molar-refractivity contribution is 0.546. The molecule has 0 heterocycles. The van der Waals surface area contributed by atoms with E-state index in [0.717, 1.165) is 5.92 Å². The molecule has 0 radical (unpaired) electrons. The molecule has 1 fully saturated rings. The first-order chi connectivity index (χ1) is 7.81. The van der Waals surface area contributed by atoms with Crippen LogP contribution in [0.15, 0.2) is 24.3 Å². The molecule has 0 saturated heterocycles. The fourth-order valence-corrected chi connectivity index (χ4v) is 2.90. The lowest BCUT2D eigenvalue weighted by Crippen LogP contribution is -2.24. The highest BCUT2D eigenvalue weighted by Crippen LogP contribution is 2.28. The van der Waals surface area contributed by atoms with Crippen LogP contribution in [-0.4, -0.2) is 13.6 Å². The number of rotatable bonds is 4. The van der Waals surface area contributed by atoms with Gasteiger partial charge >= 0.3 is 0 Å². The average molecular weight is 238 g/mol. The smallest absolute Gasteiger partial charge is 0.0494 e. The average Bonchev–Trinajstić information content (AvgIpc) is 2.81. The van der Waals surface area contributed by atoms with Gasteiger partial charge in [0, 0.05) is 25.2 Å². The zero-order chi connectivity index (χ0) is 11.4. The summed E-state index contributed by atoms with van der Waals surface area (Å²) in [5.41, 5.74) is 2.54. The van der Waals surface area contributed by atoms with Gasteiger partial charge in [0.15, 0.2) is 0 Å². The molecule has 2 heteroatoms. The third-order valence-corrected chi connectivity index (χ3v) is 3.84. The van der Waals surface area contributed by atoms with Gasteiger partial charge in [-0.2, -0.15) is 0 Å². The Kier molecular flexibility index (Phi) is 4.11. The minimum atomic E-state index is 0.602. The third kappa shape index (κ3) is 2.70. The van der Waals surface area contributed by atoms with Crippen LogP contribution in [0.25, 0.3) is 0 Å². The molecule has 1 aromatic rings. The van der Waals surface area contributed by atoms with E-state index in [4.69, 9.17) is 11.6 Å². The minimum absolute atomic E-state index is 0.602. The normalized spacial score (nSPS) is 16.6. The quantitative estimate of drug-likeness (QED) is 0.714. The Morgan fingerprint density at radius 1 is 1.25 bits per heavy atom. The lowest BCUT2D eigenvalue weighted by Gasteiger charge is -2.25. The molecule has 1 saturated carbocycles. The first-order valence-electron chi connectivity index (χ1n) is 6.16. The highest BCUT2D eigenvalue weighted by molar-refractivity contribution is 6.17. The second-order valence-electron chi connectivity index (χ2n) is 4.79. The summed E-state index contributed by atoms with van der Waals surface area (Å²) in [7, 11) is 2.18. The summed E-state index contributed by atoms with van der Waals surface area (Å²) in [5, 5.41) is 0. The SMILES string of the molecule is CN(CC1CCCC1)c1ccccc1CCl. The Morgan fingerprint density at radius 2 is 1.94 bits per heavy atom. The fraction of sp³-hybridized carbons (Fsp3) is 0.571. The van der Waals surface area contributed by atoms with Crippen LogP contribution in [0, 0.1) is 5.92 Å². The van der Waals surface area contributed by atoms with Gasteiger partial charge in [-0.25, -0.2) is 0 Å². The van der Waals surface area contributed by atoms with Crippen molar-refractivity contribution in [1.29, 1.82) is 0 Å². The van der Waals surface area contributed by atoms with Crippen LogP contribution in [0.4, 0.5) is 5.69 Å². The molecule has 0 spiro atoms. The molecule has 0 atom stereocenters. The van der Waals surface area contributed by atoms with Crippen LogP contribution in [0.5, 0.6) is 0 Å². The van der Waals surface area contributed by atoms with Crippen LogP contribution in [-0.2, 0) is 5.88 Å². The van der Waals surface area contributed by atoms with Crippen molar-refractivity contribution < 1.29 is 0 Å². The van der Waals surface area contributed by atoms with Gasteiger partial charge in [0.05, 0.1) is 0 Å². The second kappa shape index (κ2) is 5.58. The van der Waals surface area contributed by atoms with Gasteiger partial charge in [-0.1, -0.05) is 31.0 Å². The Labute approximate surface area is 103 Å². The molecular formula is C14H20ClN. The molecule has 1 aromatic carbocycles. The van der Waals surface area contributed by atoms with Crippen molar-refractivity contribution in [3.63, 3.8) is 0 Å². The number of hydrogen-bond donors (Lipinski definition) is 0. The van der Waals surface area contributed by atoms with Gasteiger partial charge in [-0.15, -0.1) is 11.6 Å². The summed E-state index contributed by atoms with van der Waals surface area (Å²) in [5.74, 6) is 1.49. The van der Waals surface area contributed by atoms with E-state index in [1.807, 2.05) is 0 Å². The predicted molar refractivity (Wildman–Crippen MR) is 71.2 cm³/mol. The maximum atomic E-state index is 5.97. The van der Waals surface area contributed by atoms with Crippen molar-refractivity contribution >= 4 is 17.3 Å². The van der Waals surface area contributed by atoms with E-state index in [1.165, 1.54) is 43.5 Å². The Balaban J connectivity index is 2.04. The summed E-state index contributed by atoms with van der Waals surface area (Å²) >= 11 is 5.97. The monoisotopic (exact) mass is 237 g/mol. The summed E-state index contributed by atoms with van der Waals surface area (Å²) in [6, 6.07) is 8.45. The summed E-state index contributed by atoms with van der Waals surface area (Å²) in [4.78, 5) is 2.37. The van der Waals surface area contributed by atoms with E-state index in [-0.39, 0.29) is 0 Å². The first-order valence-corrected chi connectivity index (χ1v) is 6.69. The molecule has 0 aromatic heterocycles. The first kappa shape index (κ1) is 11.8. The van der Waals surface area contributed by atoms with E-state index in [9.17, 15) is 0 Å². The van der Waals surface area contributed by atoms with Crippen molar-refractivity contribution in [3.8, 4) is 0 Å². The zero-order valence-corrected chi connectivity index (χ0v) is 10.7. The molecule has 1 aliphatic rings. The highest BCUT2D eigenvalue weighted by atomic mass is 35.5. The van der Waals surface area contributed by atoms with Crippen molar-refractivity contribution in [2.24, 2.45) is 5.92 Å². The zero-order valence-electron chi connectivity index (χ0n) is 9.95. The number of halogens is 1. The van der Waals surface area contributed by atoms with Gasteiger partial charge in [-0.05, 0) is 30.4 Å². The van der Waals surface area contributed by atoms with Gasteiger partial charge in [0.25, 0.3) is 0 Å². The molecular weight excluding hydrogens is 218 g/mol. The van der Waals surface area contributed by atoms with Crippen LogP contribution < -0.4 is 4.90 Å². The molecule has 16 heavy (non-hydrogen) atoms. The third-order valence-electron chi connectivity index (χ3n) is 3.55. The van der Waals surface area contributed by atoms with Crippen LogP contribution in [0.1, 0.15) is 31.2 Å². The van der Waals surface area contributed by atoms with Crippen molar-refractivity contribution in [2.75, 3.05) is 18.5 Å². The number of nitrogens with zero attached hydrogens (tertiary/aromatic N) is 1. The van der Waals surface area contributed by atoms with E-state index in [0.29, 0.717) is 5.88 Å². The van der Waals surface area contributed by atoms with E-state index >= 15 is 0 Å². The van der Waals surface area contributed by atoms with Crippen LogP contribution >= 0.6 is 11.6 Å². The topological polar surface area (TPSA) is 3.24 Å². The highest BCUT2D eigenvalue weighted by Gasteiger charge is 2.17. The van der Waals surface area contributed by atoms with Gasteiger partial charge in [-0.3, -0.25) is 0 Å². The lowest BCUT2D eigenvalue weighted by atomic mass is 10.1.